The molecule has 0 aliphatic rings. The van der Waals surface area contributed by atoms with Crippen LogP contribution < -0.4 is 4.18 Å². The van der Waals surface area contributed by atoms with Crippen molar-refractivity contribution in [1.29, 1.82) is 0 Å². The van der Waals surface area contributed by atoms with Crippen LogP contribution in [0.2, 0.25) is 0 Å². The zero-order valence-corrected chi connectivity index (χ0v) is 9.11. The van der Waals surface area contributed by atoms with E-state index in [1.165, 1.54) is 6.07 Å². The average molecular weight is 287 g/mol. The van der Waals surface area contributed by atoms with Crippen molar-refractivity contribution in [3.05, 3.63) is 29.6 Å². The maximum atomic E-state index is 12.9. The minimum Gasteiger partial charge on any atom is -0.355 e. The fourth-order valence-corrected chi connectivity index (χ4v) is 1.49. The van der Waals surface area contributed by atoms with Crippen LogP contribution in [-0.4, -0.2) is 8.42 Å². The van der Waals surface area contributed by atoms with Crippen molar-refractivity contribution < 1.29 is 20.9 Å². The highest BCUT2D eigenvalue weighted by atomic mass is 79.9. The van der Waals surface area contributed by atoms with Crippen LogP contribution in [0.3, 0.4) is 0 Å². The molecule has 0 saturated carbocycles. The highest BCUT2D eigenvalue weighted by Crippen LogP contribution is 2.22. The summed E-state index contributed by atoms with van der Waals surface area (Å²) in [6.07, 6.45) is 0. The Labute approximate surface area is 88.2 Å². The van der Waals surface area contributed by atoms with E-state index in [0.29, 0.717) is 10.9 Å². The second-order valence-electron chi connectivity index (χ2n) is 2.37. The molecule has 7 heteroatoms. The molecule has 0 radical (unpaired) electrons. The monoisotopic (exact) mass is 286 g/mol. The van der Waals surface area contributed by atoms with Crippen LogP contribution in [0.15, 0.2) is 18.2 Å². The summed E-state index contributed by atoms with van der Waals surface area (Å²) in [6.45, 7) is 0. The fraction of sp³-hybridized carbons (Fsp3) is 0.143. The lowest BCUT2D eigenvalue weighted by molar-refractivity contribution is 0.423. The van der Waals surface area contributed by atoms with Crippen LogP contribution in [0.5, 0.6) is 5.75 Å². The van der Waals surface area contributed by atoms with Crippen LogP contribution >= 0.6 is 15.9 Å². The Bertz CT molecular complexity index is 433. The Morgan fingerprint density at radius 1 is 1.43 bits per heavy atom. The topological polar surface area (TPSA) is 43.4 Å². The van der Waals surface area contributed by atoms with Crippen molar-refractivity contribution in [3.63, 3.8) is 0 Å². The van der Waals surface area contributed by atoms with Gasteiger partial charge in [0.15, 0.2) is 11.6 Å². The number of hydrogen-bond acceptors (Lipinski definition) is 3. The summed E-state index contributed by atoms with van der Waals surface area (Å²) in [7, 11) is -5.18. The van der Waals surface area contributed by atoms with Gasteiger partial charge in [-0.15, -0.1) is 0 Å². The Morgan fingerprint density at radius 3 is 2.57 bits per heavy atom. The van der Waals surface area contributed by atoms with E-state index in [0.717, 1.165) is 12.1 Å². The summed E-state index contributed by atoms with van der Waals surface area (Å²) in [5.41, 5.74) is 0.574. The van der Waals surface area contributed by atoms with E-state index in [-0.39, 0.29) is 0 Å². The van der Waals surface area contributed by atoms with E-state index in [4.69, 9.17) is 0 Å². The highest BCUT2D eigenvalue weighted by molar-refractivity contribution is 9.08. The molecule has 0 aliphatic heterocycles. The van der Waals surface area contributed by atoms with Gasteiger partial charge in [-0.2, -0.15) is 8.42 Å². The lowest BCUT2D eigenvalue weighted by atomic mass is 10.2. The molecule has 0 heterocycles. The van der Waals surface area contributed by atoms with Crippen LogP contribution in [0.25, 0.3) is 0 Å². The molecule has 0 aliphatic carbocycles. The largest absolute Gasteiger partial charge is 0.488 e. The molecular weight excluding hydrogens is 282 g/mol. The smallest absolute Gasteiger partial charge is 0.355 e. The summed E-state index contributed by atoms with van der Waals surface area (Å²) in [5, 5.41) is 0.385. The predicted octanol–water partition coefficient (Wildman–Crippen LogP) is 2.31. The normalized spacial score (nSPS) is 11.4. The fourth-order valence-electron chi connectivity index (χ4n) is 0.802. The van der Waals surface area contributed by atoms with Gasteiger partial charge in [-0.25, -0.2) is 4.39 Å². The maximum Gasteiger partial charge on any atom is 0.488 e. The molecule has 0 saturated heterocycles. The maximum absolute atomic E-state index is 12.9. The van der Waals surface area contributed by atoms with E-state index in [1.807, 2.05) is 0 Å². The number of halogens is 3. The van der Waals surface area contributed by atoms with E-state index >= 15 is 0 Å². The molecule has 0 N–H and O–H groups in total. The van der Waals surface area contributed by atoms with Crippen molar-refractivity contribution >= 4 is 26.4 Å². The standard InChI is InChI=1S/C7H5BrF2O3S/c8-4-5-1-2-6(9)7(3-5)13-14(10,11)12/h1-3H,4H2. The molecule has 0 unspecified atom stereocenters. The molecular formula is C7H5BrF2O3S. The summed E-state index contributed by atoms with van der Waals surface area (Å²) < 4.78 is 48.9. The van der Waals surface area contributed by atoms with E-state index < -0.39 is 22.1 Å². The Kier molecular flexibility index (Phi) is 3.43. The van der Waals surface area contributed by atoms with Gasteiger partial charge in [-0.3, -0.25) is 0 Å². The first-order valence-corrected chi connectivity index (χ1v) is 5.84. The second-order valence-corrected chi connectivity index (χ2v) is 3.89. The molecule has 3 nitrogen and oxygen atoms in total. The van der Waals surface area contributed by atoms with Crippen molar-refractivity contribution in [2.45, 2.75) is 5.33 Å². The SMILES string of the molecule is O=S(=O)(F)Oc1cc(CBr)ccc1F. The van der Waals surface area contributed by atoms with Gasteiger partial charge >= 0.3 is 10.5 Å². The van der Waals surface area contributed by atoms with E-state index in [9.17, 15) is 16.7 Å². The molecule has 1 rings (SSSR count). The van der Waals surface area contributed by atoms with Gasteiger partial charge in [-0.1, -0.05) is 25.9 Å². The molecule has 0 aromatic heterocycles. The number of rotatable bonds is 3. The van der Waals surface area contributed by atoms with E-state index in [2.05, 4.69) is 20.1 Å². The van der Waals surface area contributed by atoms with Gasteiger partial charge in [0, 0.05) is 5.33 Å². The summed E-state index contributed by atoms with van der Waals surface area (Å²) in [5.74, 6) is -1.58. The highest BCUT2D eigenvalue weighted by Gasteiger charge is 2.14. The third-order valence-corrected chi connectivity index (χ3v) is 2.37. The Balaban J connectivity index is 3.07. The predicted molar refractivity (Wildman–Crippen MR) is 49.7 cm³/mol. The average Bonchev–Trinajstić information content (AvgIpc) is 2.06. The number of alkyl halides is 1. The minimum atomic E-state index is -5.18. The van der Waals surface area contributed by atoms with Crippen LogP contribution in [0, 0.1) is 5.82 Å². The summed E-state index contributed by atoms with van der Waals surface area (Å²) >= 11 is 3.07. The van der Waals surface area contributed by atoms with Crippen molar-refractivity contribution in [3.8, 4) is 5.75 Å². The van der Waals surface area contributed by atoms with Crippen molar-refractivity contribution in [2.24, 2.45) is 0 Å². The Morgan fingerprint density at radius 2 is 2.07 bits per heavy atom. The van der Waals surface area contributed by atoms with Crippen molar-refractivity contribution in [2.75, 3.05) is 0 Å². The zero-order chi connectivity index (χ0) is 10.8. The number of benzene rings is 1. The van der Waals surface area contributed by atoms with Gasteiger partial charge < -0.3 is 4.18 Å². The molecule has 1 aromatic carbocycles. The lowest BCUT2D eigenvalue weighted by Crippen LogP contribution is -2.03. The second kappa shape index (κ2) is 4.22. The molecule has 0 spiro atoms. The minimum absolute atomic E-state index is 0.385. The third kappa shape index (κ3) is 3.22. The molecule has 0 atom stereocenters. The van der Waals surface area contributed by atoms with Gasteiger partial charge in [0.05, 0.1) is 0 Å². The third-order valence-electron chi connectivity index (χ3n) is 1.34. The van der Waals surface area contributed by atoms with Gasteiger partial charge in [0.1, 0.15) is 0 Å². The number of hydrogen-bond donors (Lipinski definition) is 0. The molecule has 0 fully saturated rings. The first kappa shape index (κ1) is 11.4. The lowest BCUT2D eigenvalue weighted by Gasteiger charge is -2.03. The molecule has 1 aromatic rings. The molecule has 14 heavy (non-hydrogen) atoms. The van der Waals surface area contributed by atoms with Gasteiger partial charge in [0.25, 0.3) is 0 Å². The van der Waals surface area contributed by atoms with Crippen LogP contribution in [0.4, 0.5) is 8.28 Å². The molecule has 0 bridgehead atoms. The van der Waals surface area contributed by atoms with E-state index in [1.54, 1.807) is 0 Å². The van der Waals surface area contributed by atoms with Gasteiger partial charge in [-0.05, 0) is 17.7 Å². The van der Waals surface area contributed by atoms with Gasteiger partial charge in [0.2, 0.25) is 0 Å². The zero-order valence-electron chi connectivity index (χ0n) is 6.71. The van der Waals surface area contributed by atoms with Crippen molar-refractivity contribution in [1.82, 2.24) is 0 Å². The van der Waals surface area contributed by atoms with Crippen LogP contribution in [0.1, 0.15) is 5.56 Å². The Hall–Kier alpha value is -0.690. The first-order chi connectivity index (χ1) is 6.42. The summed E-state index contributed by atoms with van der Waals surface area (Å²) in [4.78, 5) is 0. The molecule has 0 amide bonds. The van der Waals surface area contributed by atoms with Crippen LogP contribution in [-0.2, 0) is 15.8 Å². The first-order valence-electron chi connectivity index (χ1n) is 3.41. The summed E-state index contributed by atoms with van der Waals surface area (Å²) in [6, 6.07) is 3.51. The quantitative estimate of drug-likeness (QED) is 0.633. The molecule has 78 valence electrons.